The SMILES string of the molecule is Fc1cccc(Cl)c1Cn1ccnc1-c1ccccc1Br. The van der Waals surface area contributed by atoms with Crippen molar-refractivity contribution in [1.29, 1.82) is 0 Å². The fourth-order valence-corrected chi connectivity index (χ4v) is 2.86. The smallest absolute Gasteiger partial charge is 0.141 e. The first-order valence-electron chi connectivity index (χ1n) is 6.36. The predicted molar refractivity (Wildman–Crippen MR) is 85.9 cm³/mol. The average Bonchev–Trinajstić information content (AvgIpc) is 2.92. The van der Waals surface area contributed by atoms with Gasteiger partial charge in [-0.1, -0.05) is 51.8 Å². The summed E-state index contributed by atoms with van der Waals surface area (Å²) in [5.74, 6) is 0.455. The molecule has 106 valence electrons. The van der Waals surface area contributed by atoms with Crippen molar-refractivity contribution in [3.05, 3.63) is 75.7 Å². The third-order valence-corrected chi connectivity index (χ3v) is 4.27. The number of benzene rings is 2. The molecule has 3 aromatic rings. The van der Waals surface area contributed by atoms with Crippen LogP contribution in [0.1, 0.15) is 5.56 Å². The van der Waals surface area contributed by atoms with Crippen LogP contribution in [-0.4, -0.2) is 9.55 Å². The summed E-state index contributed by atoms with van der Waals surface area (Å²) in [5, 5.41) is 0.418. The van der Waals surface area contributed by atoms with Crippen LogP contribution in [-0.2, 0) is 6.54 Å². The van der Waals surface area contributed by atoms with Gasteiger partial charge < -0.3 is 4.57 Å². The van der Waals surface area contributed by atoms with Gasteiger partial charge in [0.25, 0.3) is 0 Å². The van der Waals surface area contributed by atoms with Crippen molar-refractivity contribution in [3.63, 3.8) is 0 Å². The molecule has 5 heteroatoms. The number of aromatic nitrogens is 2. The monoisotopic (exact) mass is 364 g/mol. The minimum absolute atomic E-state index is 0.311. The summed E-state index contributed by atoms with van der Waals surface area (Å²) in [6, 6.07) is 12.5. The minimum Gasteiger partial charge on any atom is -0.326 e. The summed E-state index contributed by atoms with van der Waals surface area (Å²) < 4.78 is 16.7. The summed E-state index contributed by atoms with van der Waals surface area (Å²) >= 11 is 9.61. The largest absolute Gasteiger partial charge is 0.326 e. The first-order valence-corrected chi connectivity index (χ1v) is 7.53. The second-order valence-electron chi connectivity index (χ2n) is 4.56. The summed E-state index contributed by atoms with van der Waals surface area (Å²) in [6.45, 7) is 0.335. The lowest BCUT2D eigenvalue weighted by Crippen LogP contribution is -2.04. The van der Waals surface area contributed by atoms with Gasteiger partial charge in [0.1, 0.15) is 11.6 Å². The third-order valence-electron chi connectivity index (χ3n) is 3.22. The number of hydrogen-bond acceptors (Lipinski definition) is 1. The molecular formula is C16H11BrClFN2. The van der Waals surface area contributed by atoms with Crippen LogP contribution in [0.25, 0.3) is 11.4 Å². The Bertz CT molecular complexity index is 765. The van der Waals surface area contributed by atoms with E-state index in [0.29, 0.717) is 17.1 Å². The van der Waals surface area contributed by atoms with E-state index in [-0.39, 0.29) is 5.82 Å². The fourth-order valence-electron chi connectivity index (χ4n) is 2.18. The summed E-state index contributed by atoms with van der Waals surface area (Å²) in [6.07, 6.45) is 3.51. The molecule has 0 fully saturated rings. The molecule has 3 rings (SSSR count). The predicted octanol–water partition coefficient (Wildman–Crippen LogP) is 5.15. The van der Waals surface area contributed by atoms with E-state index in [4.69, 9.17) is 11.6 Å². The van der Waals surface area contributed by atoms with Crippen LogP contribution >= 0.6 is 27.5 Å². The van der Waals surface area contributed by atoms with Crippen molar-refractivity contribution < 1.29 is 4.39 Å². The van der Waals surface area contributed by atoms with E-state index in [2.05, 4.69) is 20.9 Å². The van der Waals surface area contributed by atoms with Crippen molar-refractivity contribution in [1.82, 2.24) is 9.55 Å². The van der Waals surface area contributed by atoms with Crippen LogP contribution in [0.4, 0.5) is 4.39 Å². The third kappa shape index (κ3) is 2.87. The van der Waals surface area contributed by atoms with Crippen LogP contribution in [0.5, 0.6) is 0 Å². The molecule has 0 amide bonds. The lowest BCUT2D eigenvalue weighted by Gasteiger charge is -2.11. The van der Waals surface area contributed by atoms with Crippen LogP contribution in [0, 0.1) is 5.82 Å². The highest BCUT2D eigenvalue weighted by Gasteiger charge is 2.13. The summed E-state index contributed by atoms with van der Waals surface area (Å²) in [4.78, 5) is 4.37. The van der Waals surface area contributed by atoms with Crippen molar-refractivity contribution in [2.24, 2.45) is 0 Å². The molecule has 0 bridgehead atoms. The van der Waals surface area contributed by atoms with Gasteiger partial charge in [-0.05, 0) is 18.2 Å². The zero-order valence-corrected chi connectivity index (χ0v) is 13.3. The Labute approximate surface area is 135 Å². The molecule has 21 heavy (non-hydrogen) atoms. The molecule has 1 aromatic heterocycles. The zero-order valence-electron chi connectivity index (χ0n) is 10.9. The Morgan fingerprint density at radius 2 is 1.95 bits per heavy atom. The molecule has 2 aromatic carbocycles. The fraction of sp³-hybridized carbons (Fsp3) is 0.0625. The lowest BCUT2D eigenvalue weighted by atomic mass is 10.2. The van der Waals surface area contributed by atoms with Crippen LogP contribution in [0.3, 0.4) is 0 Å². The quantitative estimate of drug-likeness (QED) is 0.627. The first-order chi connectivity index (χ1) is 10.2. The second kappa shape index (κ2) is 6.00. The number of imidazole rings is 1. The summed E-state index contributed by atoms with van der Waals surface area (Å²) in [7, 11) is 0. The Morgan fingerprint density at radius 1 is 1.14 bits per heavy atom. The van der Waals surface area contributed by atoms with E-state index in [9.17, 15) is 4.39 Å². The van der Waals surface area contributed by atoms with E-state index in [1.165, 1.54) is 6.07 Å². The van der Waals surface area contributed by atoms with Gasteiger partial charge in [0.05, 0.1) is 6.54 Å². The maximum atomic E-state index is 13.9. The van der Waals surface area contributed by atoms with E-state index in [1.807, 2.05) is 35.0 Å². The molecule has 0 atom stereocenters. The van der Waals surface area contributed by atoms with Gasteiger partial charge in [0.15, 0.2) is 0 Å². The molecule has 2 nitrogen and oxygen atoms in total. The Balaban J connectivity index is 2.03. The van der Waals surface area contributed by atoms with Crippen LogP contribution < -0.4 is 0 Å². The van der Waals surface area contributed by atoms with Gasteiger partial charge in [-0.3, -0.25) is 0 Å². The molecule has 0 N–H and O–H groups in total. The topological polar surface area (TPSA) is 17.8 Å². The molecule has 0 radical (unpaired) electrons. The molecule has 0 saturated carbocycles. The molecular weight excluding hydrogens is 355 g/mol. The maximum Gasteiger partial charge on any atom is 0.141 e. The van der Waals surface area contributed by atoms with Gasteiger partial charge >= 0.3 is 0 Å². The molecule has 0 aliphatic heterocycles. The van der Waals surface area contributed by atoms with E-state index >= 15 is 0 Å². The van der Waals surface area contributed by atoms with Gasteiger partial charge in [0, 0.05) is 33.0 Å². The Morgan fingerprint density at radius 3 is 2.71 bits per heavy atom. The highest BCUT2D eigenvalue weighted by Crippen LogP contribution is 2.28. The van der Waals surface area contributed by atoms with E-state index < -0.39 is 0 Å². The van der Waals surface area contributed by atoms with Gasteiger partial charge in [0.2, 0.25) is 0 Å². The standard InChI is InChI=1S/C16H11BrClFN2/c17-13-5-2-1-4-11(13)16-20-8-9-21(16)10-12-14(18)6-3-7-15(12)19/h1-9H,10H2. The van der Waals surface area contributed by atoms with Gasteiger partial charge in [-0.15, -0.1) is 0 Å². The highest BCUT2D eigenvalue weighted by atomic mass is 79.9. The molecule has 0 unspecified atom stereocenters. The average molecular weight is 366 g/mol. The number of nitrogens with zero attached hydrogens (tertiary/aromatic N) is 2. The zero-order chi connectivity index (χ0) is 14.8. The van der Waals surface area contributed by atoms with Crippen molar-refractivity contribution in [2.75, 3.05) is 0 Å². The number of hydrogen-bond donors (Lipinski definition) is 0. The first kappa shape index (κ1) is 14.3. The normalized spacial score (nSPS) is 10.8. The molecule has 0 aliphatic rings. The van der Waals surface area contributed by atoms with Crippen molar-refractivity contribution in [3.8, 4) is 11.4 Å². The summed E-state index contributed by atoms with van der Waals surface area (Å²) in [5.41, 5.74) is 1.42. The minimum atomic E-state index is -0.311. The molecule has 1 heterocycles. The maximum absolute atomic E-state index is 13.9. The molecule has 0 spiro atoms. The number of halogens is 3. The Hall–Kier alpha value is -1.65. The van der Waals surface area contributed by atoms with Gasteiger partial charge in [-0.25, -0.2) is 9.37 Å². The Kier molecular flexibility index (Phi) is 4.08. The van der Waals surface area contributed by atoms with E-state index in [1.54, 1.807) is 18.3 Å². The van der Waals surface area contributed by atoms with Crippen molar-refractivity contribution in [2.45, 2.75) is 6.54 Å². The highest BCUT2D eigenvalue weighted by molar-refractivity contribution is 9.10. The molecule has 0 saturated heterocycles. The molecule has 0 aliphatic carbocycles. The van der Waals surface area contributed by atoms with Gasteiger partial charge in [-0.2, -0.15) is 0 Å². The van der Waals surface area contributed by atoms with Crippen LogP contribution in [0.15, 0.2) is 59.3 Å². The van der Waals surface area contributed by atoms with Crippen molar-refractivity contribution >= 4 is 27.5 Å². The van der Waals surface area contributed by atoms with E-state index in [0.717, 1.165) is 15.9 Å². The number of rotatable bonds is 3. The lowest BCUT2D eigenvalue weighted by molar-refractivity contribution is 0.600. The second-order valence-corrected chi connectivity index (χ2v) is 5.82. The van der Waals surface area contributed by atoms with Crippen LogP contribution in [0.2, 0.25) is 5.02 Å².